The highest BCUT2D eigenvalue weighted by Crippen LogP contribution is 2.22. The number of nitrogens with one attached hydrogen (secondary N) is 1. The van der Waals surface area contributed by atoms with E-state index < -0.39 is 0 Å². The Morgan fingerprint density at radius 3 is 2.54 bits per heavy atom. The number of rotatable bonds is 5. The number of nitrogens with zero attached hydrogens (tertiary/aromatic N) is 5. The molecule has 3 rings (SSSR count). The van der Waals surface area contributed by atoms with Gasteiger partial charge in [0, 0.05) is 45.8 Å². The third-order valence-electron chi connectivity index (χ3n) is 5.16. The average Bonchev–Trinajstić information content (AvgIpc) is 3.01. The molecule has 144 valence electrons. The fourth-order valence-corrected chi connectivity index (χ4v) is 3.52. The lowest BCUT2D eigenvalue weighted by Crippen LogP contribution is -2.47. The fraction of sp³-hybridized carbons (Fsp3) is 0.722. The minimum Gasteiger partial charge on any atom is -0.348 e. The Morgan fingerprint density at radius 1 is 1.12 bits per heavy atom. The highest BCUT2D eigenvalue weighted by molar-refractivity contribution is 5.97. The van der Waals surface area contributed by atoms with Crippen molar-refractivity contribution in [3.63, 3.8) is 0 Å². The number of aromatic nitrogens is 2. The molecule has 0 saturated carbocycles. The van der Waals surface area contributed by atoms with Gasteiger partial charge < -0.3 is 24.6 Å². The van der Waals surface area contributed by atoms with E-state index in [0.717, 1.165) is 51.1 Å². The van der Waals surface area contributed by atoms with Crippen molar-refractivity contribution in [1.29, 1.82) is 0 Å². The lowest BCUT2D eigenvalue weighted by molar-refractivity contribution is 0.0657. The van der Waals surface area contributed by atoms with E-state index in [1.807, 2.05) is 28.5 Å². The summed E-state index contributed by atoms with van der Waals surface area (Å²) >= 11 is 0. The van der Waals surface area contributed by atoms with Crippen LogP contribution in [0.5, 0.6) is 0 Å². The topological polar surface area (TPSA) is 73.7 Å². The summed E-state index contributed by atoms with van der Waals surface area (Å²) in [7, 11) is 6.00. The summed E-state index contributed by atoms with van der Waals surface area (Å²) in [6, 6.07) is 0. The van der Waals surface area contributed by atoms with Gasteiger partial charge in [-0.05, 0) is 40.4 Å². The smallest absolute Gasteiger partial charge is 0.287 e. The van der Waals surface area contributed by atoms with E-state index in [1.54, 1.807) is 0 Å². The number of likely N-dealkylation sites (N-methyl/N-ethyl adjacent to an activating group) is 2. The van der Waals surface area contributed by atoms with Gasteiger partial charge in [-0.3, -0.25) is 9.59 Å². The van der Waals surface area contributed by atoms with Crippen LogP contribution in [0.2, 0.25) is 0 Å². The van der Waals surface area contributed by atoms with Crippen molar-refractivity contribution in [2.45, 2.75) is 25.8 Å². The summed E-state index contributed by atoms with van der Waals surface area (Å²) < 4.78 is 1.96. The van der Waals surface area contributed by atoms with Crippen molar-refractivity contribution in [3.05, 3.63) is 17.2 Å². The molecule has 0 unspecified atom stereocenters. The average molecular weight is 362 g/mol. The maximum Gasteiger partial charge on any atom is 0.287 e. The van der Waals surface area contributed by atoms with Crippen LogP contribution in [-0.2, 0) is 13.0 Å². The van der Waals surface area contributed by atoms with E-state index in [4.69, 9.17) is 0 Å². The third kappa shape index (κ3) is 4.07. The minimum atomic E-state index is -0.188. The molecule has 2 amide bonds. The Morgan fingerprint density at radius 2 is 1.85 bits per heavy atom. The molecule has 1 aromatic heterocycles. The first-order chi connectivity index (χ1) is 12.5. The molecule has 1 saturated heterocycles. The van der Waals surface area contributed by atoms with Gasteiger partial charge in [0.05, 0.1) is 5.69 Å². The molecular formula is C18H30N6O2. The van der Waals surface area contributed by atoms with Gasteiger partial charge in [-0.2, -0.15) is 0 Å². The summed E-state index contributed by atoms with van der Waals surface area (Å²) in [5.41, 5.74) is 1.41. The van der Waals surface area contributed by atoms with E-state index >= 15 is 0 Å². The van der Waals surface area contributed by atoms with E-state index in [2.05, 4.69) is 22.2 Å². The first-order valence-electron chi connectivity index (χ1n) is 9.47. The summed E-state index contributed by atoms with van der Waals surface area (Å²) in [5.74, 6) is 0.166. The molecule has 2 aliphatic rings. The molecule has 1 aromatic rings. The van der Waals surface area contributed by atoms with Crippen molar-refractivity contribution < 1.29 is 9.59 Å². The van der Waals surface area contributed by atoms with Crippen LogP contribution in [0.1, 0.15) is 39.6 Å². The van der Waals surface area contributed by atoms with Gasteiger partial charge in [0.2, 0.25) is 0 Å². The monoisotopic (exact) mass is 362 g/mol. The van der Waals surface area contributed by atoms with E-state index in [-0.39, 0.29) is 11.8 Å². The molecular weight excluding hydrogens is 332 g/mol. The molecule has 0 aromatic carbocycles. The summed E-state index contributed by atoms with van der Waals surface area (Å²) in [6.45, 7) is 5.27. The van der Waals surface area contributed by atoms with Gasteiger partial charge in [-0.1, -0.05) is 0 Å². The van der Waals surface area contributed by atoms with Crippen LogP contribution in [0.15, 0.2) is 0 Å². The molecule has 0 bridgehead atoms. The Hall–Kier alpha value is -1.93. The Kier molecular flexibility index (Phi) is 5.93. The van der Waals surface area contributed by atoms with Crippen molar-refractivity contribution in [3.8, 4) is 0 Å². The summed E-state index contributed by atoms with van der Waals surface area (Å²) in [6.07, 6.45) is 2.87. The molecule has 1 N–H and O–H groups in total. The molecule has 0 radical (unpaired) electrons. The number of imidazole rings is 1. The van der Waals surface area contributed by atoms with Crippen molar-refractivity contribution in [2.24, 2.45) is 0 Å². The van der Waals surface area contributed by atoms with Gasteiger partial charge in [0.15, 0.2) is 5.82 Å². The Labute approximate surface area is 155 Å². The molecule has 26 heavy (non-hydrogen) atoms. The maximum atomic E-state index is 13.0. The second kappa shape index (κ2) is 8.18. The standard InChI is InChI=1S/C18H30N6O2/c1-21(2)9-7-19-17(25)16-20-15(14-6-4-5-8-24(14)16)18(26)23-12-10-22(3)11-13-23/h4-13H2,1-3H3,(H,19,25). The number of carbonyl (C=O) groups is 2. The normalized spacial score (nSPS) is 18.1. The summed E-state index contributed by atoms with van der Waals surface area (Å²) in [4.78, 5) is 36.2. The summed E-state index contributed by atoms with van der Waals surface area (Å²) in [5, 5.41) is 2.92. The van der Waals surface area contributed by atoms with E-state index in [1.165, 1.54) is 0 Å². The van der Waals surface area contributed by atoms with Crippen molar-refractivity contribution >= 4 is 11.8 Å². The number of carbonyl (C=O) groups excluding carboxylic acids is 2. The predicted molar refractivity (Wildman–Crippen MR) is 99.5 cm³/mol. The van der Waals surface area contributed by atoms with Gasteiger partial charge >= 0.3 is 0 Å². The molecule has 3 heterocycles. The van der Waals surface area contributed by atoms with Crippen LogP contribution in [0.25, 0.3) is 0 Å². The molecule has 2 aliphatic heterocycles. The van der Waals surface area contributed by atoms with Crippen LogP contribution in [0, 0.1) is 0 Å². The predicted octanol–water partition coefficient (Wildman–Crippen LogP) is -0.102. The molecule has 8 heteroatoms. The SMILES string of the molecule is CN(C)CCNC(=O)c1nc(C(=O)N2CCN(C)CC2)c2n1CCCC2. The first kappa shape index (κ1) is 18.8. The molecule has 1 fully saturated rings. The van der Waals surface area contributed by atoms with E-state index in [9.17, 15) is 9.59 Å². The van der Waals surface area contributed by atoms with Gasteiger partial charge in [0.25, 0.3) is 11.8 Å². The van der Waals surface area contributed by atoms with Crippen LogP contribution < -0.4 is 5.32 Å². The van der Waals surface area contributed by atoms with E-state index in [0.29, 0.717) is 31.2 Å². The lowest BCUT2D eigenvalue weighted by Gasteiger charge is -2.32. The highest BCUT2D eigenvalue weighted by atomic mass is 16.2. The van der Waals surface area contributed by atoms with Gasteiger partial charge in [-0.15, -0.1) is 0 Å². The molecule has 0 spiro atoms. The van der Waals surface area contributed by atoms with Crippen molar-refractivity contribution in [2.75, 3.05) is 60.4 Å². The van der Waals surface area contributed by atoms with Gasteiger partial charge in [-0.25, -0.2) is 4.98 Å². The zero-order valence-electron chi connectivity index (χ0n) is 16.1. The number of hydrogen-bond donors (Lipinski definition) is 1. The van der Waals surface area contributed by atoms with Gasteiger partial charge in [0.1, 0.15) is 5.69 Å². The van der Waals surface area contributed by atoms with Crippen LogP contribution >= 0.6 is 0 Å². The number of fused-ring (bicyclic) bond motifs is 1. The largest absolute Gasteiger partial charge is 0.348 e. The van der Waals surface area contributed by atoms with Crippen LogP contribution in [0.3, 0.4) is 0 Å². The fourth-order valence-electron chi connectivity index (χ4n) is 3.52. The second-order valence-corrected chi connectivity index (χ2v) is 7.49. The highest BCUT2D eigenvalue weighted by Gasteiger charge is 2.30. The number of amides is 2. The molecule has 0 atom stereocenters. The Bertz CT molecular complexity index is 661. The number of piperazine rings is 1. The molecule has 8 nitrogen and oxygen atoms in total. The quantitative estimate of drug-likeness (QED) is 0.792. The minimum absolute atomic E-state index is 0.0314. The van der Waals surface area contributed by atoms with Crippen LogP contribution in [-0.4, -0.2) is 96.5 Å². The number of hydrogen-bond acceptors (Lipinski definition) is 5. The molecule has 0 aliphatic carbocycles. The zero-order valence-corrected chi connectivity index (χ0v) is 16.1. The lowest BCUT2D eigenvalue weighted by atomic mass is 10.1. The Balaban J connectivity index is 1.79. The maximum absolute atomic E-state index is 13.0. The van der Waals surface area contributed by atoms with Crippen molar-refractivity contribution in [1.82, 2.24) is 29.6 Å². The second-order valence-electron chi connectivity index (χ2n) is 7.49. The first-order valence-corrected chi connectivity index (χ1v) is 9.47. The van der Waals surface area contributed by atoms with Crippen LogP contribution in [0.4, 0.5) is 0 Å². The third-order valence-corrected chi connectivity index (χ3v) is 5.16. The zero-order chi connectivity index (χ0) is 18.7.